The number of benzene rings is 2. The predicted octanol–water partition coefficient (Wildman–Crippen LogP) is 4.43. The Morgan fingerprint density at radius 2 is 1.68 bits per heavy atom. The first-order valence-corrected chi connectivity index (χ1v) is 11.4. The normalized spacial score (nSPS) is 20.8. The van der Waals surface area contributed by atoms with Gasteiger partial charge in [0, 0.05) is 6.54 Å². The average Bonchev–Trinajstić information content (AvgIpc) is 3.32. The summed E-state index contributed by atoms with van der Waals surface area (Å²) in [7, 11) is 0. The molecule has 6 nitrogen and oxygen atoms in total. The molecule has 31 heavy (non-hydrogen) atoms. The van der Waals surface area contributed by atoms with Crippen molar-refractivity contribution in [1.82, 2.24) is 9.88 Å². The first kappa shape index (κ1) is 19.9. The van der Waals surface area contributed by atoms with E-state index in [1.807, 2.05) is 36.4 Å². The van der Waals surface area contributed by atoms with Crippen LogP contribution >= 0.6 is 11.3 Å². The zero-order chi connectivity index (χ0) is 21.4. The van der Waals surface area contributed by atoms with Gasteiger partial charge in [0.05, 0.1) is 34.0 Å². The number of hydrogen-bond donors (Lipinski definition) is 0. The molecule has 1 aliphatic heterocycles. The molecule has 158 valence electrons. The molecule has 2 fully saturated rings. The van der Waals surface area contributed by atoms with Gasteiger partial charge in [0.25, 0.3) is 0 Å². The third-order valence-corrected chi connectivity index (χ3v) is 7.18. The molecule has 0 spiro atoms. The van der Waals surface area contributed by atoms with E-state index in [0.717, 1.165) is 46.5 Å². The minimum absolute atomic E-state index is 0.0227. The van der Waals surface area contributed by atoms with Crippen LogP contribution in [-0.2, 0) is 14.4 Å². The quantitative estimate of drug-likeness (QED) is 0.337. The Kier molecular flexibility index (Phi) is 5.28. The van der Waals surface area contributed by atoms with Crippen LogP contribution in [0.15, 0.2) is 48.5 Å². The van der Waals surface area contributed by atoms with Gasteiger partial charge in [-0.3, -0.25) is 19.3 Å². The first-order chi connectivity index (χ1) is 15.1. The van der Waals surface area contributed by atoms with Crippen molar-refractivity contribution in [2.75, 3.05) is 6.54 Å². The molecule has 1 saturated heterocycles. The van der Waals surface area contributed by atoms with Crippen LogP contribution in [0.1, 0.15) is 32.1 Å². The number of rotatable bonds is 5. The van der Waals surface area contributed by atoms with E-state index in [9.17, 15) is 14.4 Å². The smallest absolute Gasteiger partial charge is 0.313 e. The van der Waals surface area contributed by atoms with Gasteiger partial charge >= 0.3 is 5.97 Å². The maximum absolute atomic E-state index is 12.6. The predicted molar refractivity (Wildman–Crippen MR) is 117 cm³/mol. The molecule has 2 heterocycles. The van der Waals surface area contributed by atoms with E-state index in [1.54, 1.807) is 12.1 Å². The van der Waals surface area contributed by atoms with Gasteiger partial charge in [0.2, 0.25) is 11.8 Å². The number of likely N-dealkylation sites (tertiary alicyclic amines) is 1. The number of fused-ring (bicyclic) bond motifs is 2. The first-order valence-electron chi connectivity index (χ1n) is 10.6. The van der Waals surface area contributed by atoms with Crippen LogP contribution in [-0.4, -0.2) is 34.2 Å². The number of thiazole rings is 1. The van der Waals surface area contributed by atoms with Crippen molar-refractivity contribution in [3.63, 3.8) is 0 Å². The van der Waals surface area contributed by atoms with E-state index in [4.69, 9.17) is 4.74 Å². The van der Waals surface area contributed by atoms with E-state index >= 15 is 0 Å². The van der Waals surface area contributed by atoms with Crippen molar-refractivity contribution in [2.24, 2.45) is 11.8 Å². The van der Waals surface area contributed by atoms with Crippen LogP contribution in [0.25, 0.3) is 20.8 Å². The Hall–Kier alpha value is -3.06. The molecule has 0 unspecified atom stereocenters. The molecule has 0 bridgehead atoms. The summed E-state index contributed by atoms with van der Waals surface area (Å²) >= 11 is 1.54. The Bertz CT molecular complexity index is 1110. The van der Waals surface area contributed by atoms with Gasteiger partial charge in [-0.05, 0) is 37.1 Å². The van der Waals surface area contributed by atoms with Crippen LogP contribution < -0.4 is 4.74 Å². The van der Waals surface area contributed by atoms with E-state index in [0.29, 0.717) is 5.75 Å². The standard InChI is InChI=1S/C24H22N2O4S/c27-21(13-14-26-23(28)15-7-1-2-8-16(15)24(26)29)30-19-11-5-3-9-17(19)22-25-18-10-4-6-12-20(18)31-22/h3-6,9-12,15-16H,1-2,7-8,13-14H2/t15-,16-/m1/s1. The Morgan fingerprint density at radius 3 is 2.42 bits per heavy atom. The lowest BCUT2D eigenvalue weighted by Crippen LogP contribution is -2.33. The maximum atomic E-state index is 12.6. The number of esters is 1. The van der Waals surface area contributed by atoms with Crippen LogP contribution in [0.3, 0.4) is 0 Å². The minimum atomic E-state index is -0.468. The van der Waals surface area contributed by atoms with Crippen LogP contribution in [0.5, 0.6) is 5.75 Å². The summed E-state index contributed by atoms with van der Waals surface area (Å²) in [6, 6.07) is 15.2. The van der Waals surface area contributed by atoms with Gasteiger partial charge in [-0.2, -0.15) is 0 Å². The number of hydrogen-bond acceptors (Lipinski definition) is 6. The highest BCUT2D eigenvalue weighted by molar-refractivity contribution is 7.21. The molecule has 5 rings (SSSR count). The van der Waals surface area contributed by atoms with Crippen molar-refractivity contribution >= 4 is 39.3 Å². The number of para-hydroxylation sites is 2. The van der Waals surface area contributed by atoms with Gasteiger partial charge in [0.15, 0.2) is 0 Å². The number of carbonyl (C=O) groups is 3. The third-order valence-electron chi connectivity index (χ3n) is 6.11. The summed E-state index contributed by atoms with van der Waals surface area (Å²) in [5.41, 5.74) is 1.65. The number of aromatic nitrogens is 1. The molecule has 3 aromatic rings. The molecule has 1 aromatic heterocycles. The fourth-order valence-corrected chi connectivity index (χ4v) is 5.54. The summed E-state index contributed by atoms with van der Waals surface area (Å²) in [5.74, 6) is -0.688. The monoisotopic (exact) mass is 434 g/mol. The second-order valence-corrected chi connectivity index (χ2v) is 9.06. The van der Waals surface area contributed by atoms with Crippen LogP contribution in [0.4, 0.5) is 0 Å². The maximum Gasteiger partial charge on any atom is 0.313 e. The highest BCUT2D eigenvalue weighted by Crippen LogP contribution is 2.38. The minimum Gasteiger partial charge on any atom is -0.426 e. The van der Waals surface area contributed by atoms with E-state index in [-0.39, 0.29) is 36.6 Å². The molecule has 2 atom stereocenters. The molecular formula is C24H22N2O4S. The van der Waals surface area contributed by atoms with Crippen LogP contribution in [0.2, 0.25) is 0 Å². The van der Waals surface area contributed by atoms with Gasteiger partial charge in [-0.15, -0.1) is 11.3 Å². The molecule has 1 aliphatic carbocycles. The Balaban J connectivity index is 1.28. The van der Waals surface area contributed by atoms with Crippen molar-refractivity contribution in [1.29, 1.82) is 0 Å². The molecule has 2 aliphatic rings. The lowest BCUT2D eigenvalue weighted by molar-refractivity contribution is -0.141. The van der Waals surface area contributed by atoms with E-state index in [2.05, 4.69) is 4.98 Å². The summed E-state index contributed by atoms with van der Waals surface area (Å²) in [5, 5.41) is 0.776. The molecule has 2 amide bonds. The second-order valence-electron chi connectivity index (χ2n) is 8.03. The number of amides is 2. The zero-order valence-electron chi connectivity index (χ0n) is 17.0. The van der Waals surface area contributed by atoms with Crippen LogP contribution in [0, 0.1) is 11.8 Å². The highest BCUT2D eigenvalue weighted by Gasteiger charge is 2.47. The van der Waals surface area contributed by atoms with Gasteiger partial charge < -0.3 is 4.74 Å². The third kappa shape index (κ3) is 3.74. The molecule has 1 saturated carbocycles. The number of ether oxygens (including phenoxy) is 1. The SMILES string of the molecule is O=C(CCN1C(=O)[C@@H]2CCCC[C@H]2C1=O)Oc1ccccc1-c1nc2ccccc2s1. The van der Waals surface area contributed by atoms with E-state index in [1.165, 1.54) is 16.2 Å². The topological polar surface area (TPSA) is 76.6 Å². The molecule has 0 N–H and O–H groups in total. The summed E-state index contributed by atoms with van der Waals surface area (Å²) < 4.78 is 6.68. The summed E-state index contributed by atoms with van der Waals surface area (Å²) in [6.45, 7) is 0.0762. The van der Waals surface area contributed by atoms with Crippen molar-refractivity contribution < 1.29 is 19.1 Å². The fraction of sp³-hybridized carbons (Fsp3) is 0.333. The average molecular weight is 435 g/mol. The highest BCUT2D eigenvalue weighted by atomic mass is 32.1. The summed E-state index contributed by atoms with van der Waals surface area (Å²) in [4.78, 5) is 43.7. The Labute approximate surface area is 183 Å². The summed E-state index contributed by atoms with van der Waals surface area (Å²) in [6.07, 6.45) is 3.49. The molecule has 7 heteroatoms. The molecule has 2 aromatic carbocycles. The zero-order valence-corrected chi connectivity index (χ0v) is 17.8. The molecular weight excluding hydrogens is 412 g/mol. The van der Waals surface area contributed by atoms with Crippen molar-refractivity contribution in [3.05, 3.63) is 48.5 Å². The van der Waals surface area contributed by atoms with E-state index < -0.39 is 5.97 Å². The fourth-order valence-electron chi connectivity index (χ4n) is 4.55. The number of nitrogens with zero attached hydrogens (tertiary/aromatic N) is 2. The van der Waals surface area contributed by atoms with Crippen molar-refractivity contribution in [2.45, 2.75) is 32.1 Å². The van der Waals surface area contributed by atoms with Gasteiger partial charge in [-0.1, -0.05) is 37.1 Å². The lowest BCUT2D eigenvalue weighted by atomic mass is 9.81. The second kappa shape index (κ2) is 8.23. The van der Waals surface area contributed by atoms with Gasteiger partial charge in [0.1, 0.15) is 10.8 Å². The van der Waals surface area contributed by atoms with Crippen molar-refractivity contribution in [3.8, 4) is 16.3 Å². The number of imide groups is 1. The Morgan fingerprint density at radius 1 is 1.00 bits per heavy atom. The largest absolute Gasteiger partial charge is 0.426 e. The molecule has 0 radical (unpaired) electrons. The number of carbonyl (C=O) groups excluding carboxylic acids is 3. The van der Waals surface area contributed by atoms with Gasteiger partial charge in [-0.25, -0.2) is 4.98 Å². The lowest BCUT2D eigenvalue weighted by Gasteiger charge is -2.19.